The van der Waals surface area contributed by atoms with Crippen molar-refractivity contribution in [1.82, 2.24) is 20.0 Å². The first kappa shape index (κ1) is 33.3. The number of pyridine rings is 1. The van der Waals surface area contributed by atoms with E-state index >= 15 is 4.79 Å². The van der Waals surface area contributed by atoms with Crippen molar-refractivity contribution in [2.45, 2.75) is 104 Å². The maximum absolute atomic E-state index is 15.4. The largest absolute Gasteiger partial charge is 0.469 e. The molecule has 0 aromatic carbocycles. The van der Waals surface area contributed by atoms with Gasteiger partial charge in [-0.3, -0.25) is 24.2 Å². The Labute approximate surface area is 276 Å². The highest BCUT2D eigenvalue weighted by atomic mass is 16.5. The van der Waals surface area contributed by atoms with Gasteiger partial charge in [-0.25, -0.2) is 4.68 Å². The molecule has 0 aliphatic heterocycles. The molecule has 4 aliphatic carbocycles. The van der Waals surface area contributed by atoms with Crippen LogP contribution >= 0.6 is 0 Å². The van der Waals surface area contributed by atoms with Gasteiger partial charge in [0.1, 0.15) is 23.9 Å². The van der Waals surface area contributed by atoms with E-state index < -0.39 is 17.6 Å². The van der Waals surface area contributed by atoms with E-state index in [2.05, 4.69) is 36.1 Å². The van der Waals surface area contributed by atoms with Crippen LogP contribution in [0.1, 0.15) is 92.0 Å². The first-order valence-corrected chi connectivity index (χ1v) is 17.2. The molecule has 0 N–H and O–H groups in total. The van der Waals surface area contributed by atoms with E-state index in [9.17, 15) is 14.4 Å². The Hall–Kier alpha value is -3.63. The summed E-state index contributed by atoms with van der Waals surface area (Å²) >= 11 is 0. The summed E-state index contributed by atoms with van der Waals surface area (Å²) in [5.74, 6) is -0.810. The van der Waals surface area contributed by atoms with Gasteiger partial charge in [0.05, 0.1) is 19.0 Å². The molecular weight excluding hydrogens is 600 g/mol. The summed E-state index contributed by atoms with van der Waals surface area (Å²) in [6.07, 6.45) is 8.36. The van der Waals surface area contributed by atoms with Gasteiger partial charge in [-0.2, -0.15) is 0 Å². The molecule has 11 heteroatoms. The first-order chi connectivity index (χ1) is 22.4. The summed E-state index contributed by atoms with van der Waals surface area (Å²) < 4.78 is 18.6. The SMILES string of the molecule is COC(=O)CC[C@@H](C)[C@H]1CC[C@H]2[C@H]3[C@H]([C@H](n4cc(-c5ccccn5)nn4)C(=O)[C@]12C)[C@@]1(C)CC[C@@H](OC(C)=O)C[C@H]1C[C@H]3OC(C)=O. The fourth-order valence-corrected chi connectivity index (χ4v) is 10.6. The molecule has 47 heavy (non-hydrogen) atoms. The van der Waals surface area contributed by atoms with Crippen molar-refractivity contribution in [3.8, 4) is 11.4 Å². The van der Waals surface area contributed by atoms with Crippen molar-refractivity contribution in [2.75, 3.05) is 7.11 Å². The van der Waals surface area contributed by atoms with Crippen LogP contribution < -0.4 is 0 Å². The Kier molecular flexibility index (Phi) is 9.04. The molecule has 4 aliphatic rings. The molecule has 6 rings (SSSR count). The van der Waals surface area contributed by atoms with Gasteiger partial charge in [-0.05, 0) is 86.2 Å². The van der Waals surface area contributed by atoms with Crippen LogP contribution in [0, 0.1) is 46.3 Å². The zero-order valence-electron chi connectivity index (χ0n) is 28.4. The molecule has 11 atom stereocenters. The summed E-state index contributed by atoms with van der Waals surface area (Å²) in [7, 11) is 1.40. The monoisotopic (exact) mass is 648 g/mol. The molecule has 0 radical (unpaired) electrons. The Bertz CT molecular complexity index is 1510. The van der Waals surface area contributed by atoms with E-state index in [4.69, 9.17) is 14.2 Å². The molecule has 254 valence electrons. The second-order valence-corrected chi connectivity index (χ2v) is 15.0. The lowest BCUT2D eigenvalue weighted by atomic mass is 9.42. The summed E-state index contributed by atoms with van der Waals surface area (Å²) in [6.45, 7) is 9.44. The molecule has 2 aromatic rings. The molecule has 4 fully saturated rings. The number of fused-ring (bicyclic) bond motifs is 5. The van der Waals surface area contributed by atoms with Crippen LogP contribution in [0.2, 0.25) is 0 Å². The van der Waals surface area contributed by atoms with Gasteiger partial charge >= 0.3 is 17.9 Å². The number of nitrogens with zero attached hydrogens (tertiary/aromatic N) is 4. The van der Waals surface area contributed by atoms with Crippen LogP contribution in [0.25, 0.3) is 11.4 Å². The van der Waals surface area contributed by atoms with Gasteiger partial charge in [0, 0.05) is 43.7 Å². The summed E-state index contributed by atoms with van der Waals surface area (Å²) in [5, 5.41) is 9.12. The number of Topliss-reactive ketones (excluding diaryl/α,β-unsaturated/α-hetero) is 1. The average molecular weight is 649 g/mol. The van der Waals surface area contributed by atoms with Crippen LogP contribution in [0.5, 0.6) is 0 Å². The van der Waals surface area contributed by atoms with Crippen molar-refractivity contribution >= 4 is 23.7 Å². The highest BCUT2D eigenvalue weighted by molar-refractivity contribution is 5.91. The number of ether oxygens (including phenoxy) is 3. The predicted molar refractivity (Wildman–Crippen MR) is 170 cm³/mol. The number of hydrogen-bond donors (Lipinski definition) is 0. The molecule has 0 amide bonds. The van der Waals surface area contributed by atoms with Crippen LogP contribution in [0.3, 0.4) is 0 Å². The van der Waals surface area contributed by atoms with E-state index in [-0.39, 0.29) is 70.7 Å². The van der Waals surface area contributed by atoms with E-state index in [1.165, 1.54) is 21.0 Å². The topological polar surface area (TPSA) is 140 Å². The van der Waals surface area contributed by atoms with E-state index in [1.54, 1.807) is 10.9 Å². The maximum Gasteiger partial charge on any atom is 0.305 e. The van der Waals surface area contributed by atoms with Crippen molar-refractivity contribution in [2.24, 2.45) is 46.3 Å². The molecule has 0 unspecified atom stereocenters. The van der Waals surface area contributed by atoms with E-state index in [0.717, 1.165) is 19.3 Å². The van der Waals surface area contributed by atoms with Gasteiger partial charge < -0.3 is 14.2 Å². The molecule has 0 bridgehead atoms. The fourth-order valence-electron chi connectivity index (χ4n) is 10.6. The van der Waals surface area contributed by atoms with Crippen molar-refractivity contribution in [3.63, 3.8) is 0 Å². The minimum atomic E-state index is -0.727. The molecule has 0 saturated heterocycles. The summed E-state index contributed by atoms with van der Waals surface area (Å²) in [4.78, 5) is 56.7. The van der Waals surface area contributed by atoms with E-state index in [0.29, 0.717) is 43.5 Å². The average Bonchev–Trinajstić information content (AvgIpc) is 3.66. The second kappa shape index (κ2) is 12.8. The lowest BCUT2D eigenvalue weighted by Crippen LogP contribution is -2.65. The predicted octanol–water partition coefficient (Wildman–Crippen LogP) is 5.39. The summed E-state index contributed by atoms with van der Waals surface area (Å²) in [6, 6.07) is 4.97. The second-order valence-electron chi connectivity index (χ2n) is 15.0. The minimum Gasteiger partial charge on any atom is -0.469 e. The third kappa shape index (κ3) is 5.77. The Morgan fingerprint density at radius 2 is 1.81 bits per heavy atom. The Balaban J connectivity index is 1.47. The number of ketones is 1. The van der Waals surface area contributed by atoms with Crippen LogP contribution in [0.4, 0.5) is 0 Å². The number of carbonyl (C=O) groups is 4. The quantitative estimate of drug-likeness (QED) is 0.270. The summed E-state index contributed by atoms with van der Waals surface area (Å²) in [5.41, 5.74) is 0.231. The number of rotatable bonds is 8. The smallest absolute Gasteiger partial charge is 0.305 e. The molecule has 4 saturated carbocycles. The normalized spacial score (nSPS) is 36.8. The molecular formula is C36H48N4O7. The number of esters is 3. The van der Waals surface area contributed by atoms with E-state index in [1.807, 2.05) is 24.4 Å². The highest BCUT2D eigenvalue weighted by Gasteiger charge is 2.70. The number of aromatic nitrogens is 4. The Morgan fingerprint density at radius 1 is 1.04 bits per heavy atom. The standard InChI is InChI=1S/C36H48N4O7/c1-20(10-13-30(43)45-6)25-11-12-26-31-29(47-22(3)42)18-23-17-24(46-21(2)41)14-15-35(23,4)32(31)33(34(44)36(25,26)5)40-19-28(38-39-40)27-9-7-8-16-37-27/h7-9,16,19-20,23-26,29,31-33H,10-15,17-18H2,1-6H3/t20-,23+,24-,25-,26+,29-,31-,32-,33+,35+,36-/m1/s1. The maximum atomic E-state index is 15.4. The molecule has 11 nitrogen and oxygen atoms in total. The van der Waals surface area contributed by atoms with Crippen LogP contribution in [-0.4, -0.2) is 63.0 Å². The van der Waals surface area contributed by atoms with Gasteiger partial charge in [-0.15, -0.1) is 5.10 Å². The Morgan fingerprint density at radius 3 is 2.49 bits per heavy atom. The van der Waals surface area contributed by atoms with Crippen LogP contribution in [0.15, 0.2) is 30.6 Å². The van der Waals surface area contributed by atoms with Crippen LogP contribution in [-0.2, 0) is 33.4 Å². The van der Waals surface area contributed by atoms with Crippen molar-refractivity contribution in [3.05, 3.63) is 30.6 Å². The van der Waals surface area contributed by atoms with Gasteiger partial charge in [0.25, 0.3) is 0 Å². The zero-order valence-corrected chi connectivity index (χ0v) is 28.4. The number of hydrogen-bond acceptors (Lipinski definition) is 10. The first-order valence-electron chi connectivity index (χ1n) is 17.2. The lowest BCUT2D eigenvalue weighted by molar-refractivity contribution is -0.207. The third-order valence-electron chi connectivity index (χ3n) is 12.6. The van der Waals surface area contributed by atoms with Gasteiger partial charge in [0.2, 0.25) is 0 Å². The zero-order chi connectivity index (χ0) is 33.7. The number of methoxy groups -OCH3 is 1. The lowest BCUT2D eigenvalue weighted by Gasteiger charge is -2.64. The third-order valence-corrected chi connectivity index (χ3v) is 12.6. The van der Waals surface area contributed by atoms with Crippen molar-refractivity contribution < 1.29 is 33.4 Å². The van der Waals surface area contributed by atoms with Crippen molar-refractivity contribution in [1.29, 1.82) is 0 Å². The molecule has 0 spiro atoms. The molecule has 2 aromatic heterocycles. The molecule has 2 heterocycles. The number of carbonyl (C=O) groups excluding carboxylic acids is 4. The highest BCUT2D eigenvalue weighted by Crippen LogP contribution is 2.70. The fraction of sp³-hybridized carbons (Fsp3) is 0.694. The minimum absolute atomic E-state index is 0.00562. The van der Waals surface area contributed by atoms with Gasteiger partial charge in [-0.1, -0.05) is 32.1 Å². The van der Waals surface area contributed by atoms with Gasteiger partial charge in [0.15, 0.2) is 5.78 Å².